The molecule has 0 bridgehead atoms. The molecular formula is C27H24N4O2. The van der Waals surface area contributed by atoms with E-state index in [-0.39, 0.29) is 5.91 Å². The fourth-order valence-corrected chi connectivity index (χ4v) is 4.68. The highest BCUT2D eigenvalue weighted by atomic mass is 16.5. The average molecular weight is 437 g/mol. The SMILES string of the molecule is Cn1c(CN(Cc2ccc3c(c2)CCO3)C(=O)c2c[nH]c3ccccc23)nc2ccccc21. The van der Waals surface area contributed by atoms with Gasteiger partial charge in [0.2, 0.25) is 0 Å². The summed E-state index contributed by atoms with van der Waals surface area (Å²) in [7, 11) is 2.01. The molecule has 33 heavy (non-hydrogen) atoms. The van der Waals surface area contributed by atoms with Gasteiger partial charge in [-0.2, -0.15) is 0 Å². The van der Waals surface area contributed by atoms with Crippen LogP contribution in [0.2, 0.25) is 0 Å². The lowest BCUT2D eigenvalue weighted by atomic mass is 10.1. The van der Waals surface area contributed by atoms with Gasteiger partial charge >= 0.3 is 0 Å². The maximum absolute atomic E-state index is 13.8. The van der Waals surface area contributed by atoms with Crippen molar-refractivity contribution in [1.82, 2.24) is 19.4 Å². The Kier molecular flexibility index (Phi) is 4.64. The quantitative estimate of drug-likeness (QED) is 0.429. The molecule has 6 heteroatoms. The van der Waals surface area contributed by atoms with Crippen molar-refractivity contribution in [3.63, 3.8) is 0 Å². The van der Waals surface area contributed by atoms with Crippen LogP contribution in [0.1, 0.15) is 27.3 Å². The molecule has 3 aromatic carbocycles. The molecule has 0 fully saturated rings. The number of nitrogens with zero attached hydrogens (tertiary/aromatic N) is 3. The summed E-state index contributed by atoms with van der Waals surface area (Å²) < 4.78 is 7.73. The van der Waals surface area contributed by atoms with Crippen LogP contribution in [0.4, 0.5) is 0 Å². The molecule has 1 aliphatic rings. The van der Waals surface area contributed by atoms with Crippen molar-refractivity contribution in [2.24, 2.45) is 7.05 Å². The third-order valence-corrected chi connectivity index (χ3v) is 6.45. The number of rotatable bonds is 5. The molecule has 2 aromatic heterocycles. The van der Waals surface area contributed by atoms with Crippen LogP contribution >= 0.6 is 0 Å². The standard InChI is InChI=1S/C27H24N4O2/c1-30-24-9-5-4-8-23(24)29-26(30)17-31(16-18-10-11-25-19(14-18)12-13-33-25)27(32)21-15-28-22-7-3-2-6-20(21)22/h2-11,14-15,28H,12-13,16-17H2,1H3. The van der Waals surface area contributed by atoms with Crippen molar-refractivity contribution < 1.29 is 9.53 Å². The second kappa shape index (κ2) is 7.81. The number of imidazole rings is 1. The normalized spacial score (nSPS) is 12.8. The van der Waals surface area contributed by atoms with Gasteiger partial charge in [-0.15, -0.1) is 0 Å². The summed E-state index contributed by atoms with van der Waals surface area (Å²) in [6, 6.07) is 22.2. The first-order valence-electron chi connectivity index (χ1n) is 11.2. The topological polar surface area (TPSA) is 63.1 Å². The average Bonchev–Trinajstić information content (AvgIpc) is 3.56. The summed E-state index contributed by atoms with van der Waals surface area (Å²) in [6.45, 7) is 1.63. The van der Waals surface area contributed by atoms with Crippen molar-refractivity contribution >= 4 is 27.8 Å². The predicted molar refractivity (Wildman–Crippen MR) is 128 cm³/mol. The third kappa shape index (κ3) is 3.44. The van der Waals surface area contributed by atoms with Gasteiger partial charge in [-0.05, 0) is 35.4 Å². The molecule has 0 atom stereocenters. The Hall–Kier alpha value is -4.06. The maximum atomic E-state index is 13.8. The number of hydrogen-bond donors (Lipinski definition) is 1. The first-order chi connectivity index (χ1) is 16.2. The number of H-pyrrole nitrogens is 1. The molecule has 5 aromatic rings. The van der Waals surface area contributed by atoms with E-state index in [1.807, 2.05) is 66.7 Å². The van der Waals surface area contributed by atoms with E-state index in [1.165, 1.54) is 5.56 Å². The lowest BCUT2D eigenvalue weighted by Gasteiger charge is -2.23. The molecular weight excluding hydrogens is 412 g/mol. The van der Waals surface area contributed by atoms with Crippen LogP contribution in [0.5, 0.6) is 5.75 Å². The Morgan fingerprint density at radius 3 is 2.85 bits per heavy atom. The molecule has 164 valence electrons. The smallest absolute Gasteiger partial charge is 0.256 e. The van der Waals surface area contributed by atoms with E-state index in [9.17, 15) is 4.79 Å². The van der Waals surface area contributed by atoms with E-state index in [0.29, 0.717) is 18.7 Å². The number of aromatic nitrogens is 3. The predicted octanol–water partition coefficient (Wildman–Crippen LogP) is 4.83. The molecule has 1 amide bonds. The van der Waals surface area contributed by atoms with Crippen LogP contribution in [0, 0.1) is 0 Å². The van der Waals surface area contributed by atoms with E-state index in [1.54, 1.807) is 0 Å². The van der Waals surface area contributed by atoms with Crippen LogP contribution in [-0.4, -0.2) is 31.9 Å². The Labute approximate surface area is 191 Å². The number of aryl methyl sites for hydroxylation is 1. The van der Waals surface area contributed by atoms with Crippen LogP contribution in [-0.2, 0) is 26.6 Å². The molecule has 1 aliphatic heterocycles. The molecule has 0 unspecified atom stereocenters. The van der Waals surface area contributed by atoms with E-state index in [4.69, 9.17) is 9.72 Å². The van der Waals surface area contributed by atoms with Gasteiger partial charge in [0.15, 0.2) is 0 Å². The van der Waals surface area contributed by atoms with Gasteiger partial charge in [0.25, 0.3) is 5.91 Å². The first kappa shape index (κ1) is 19.6. The van der Waals surface area contributed by atoms with E-state index in [0.717, 1.165) is 52.1 Å². The summed E-state index contributed by atoms with van der Waals surface area (Å²) in [5.41, 5.74) is 5.92. The molecule has 0 saturated carbocycles. The Morgan fingerprint density at radius 2 is 1.94 bits per heavy atom. The number of amides is 1. The van der Waals surface area contributed by atoms with Crippen molar-refractivity contribution in [2.45, 2.75) is 19.5 Å². The second-order valence-corrected chi connectivity index (χ2v) is 8.53. The highest BCUT2D eigenvalue weighted by Gasteiger charge is 2.23. The van der Waals surface area contributed by atoms with Crippen LogP contribution < -0.4 is 4.74 Å². The van der Waals surface area contributed by atoms with Gasteiger partial charge in [0.1, 0.15) is 11.6 Å². The minimum atomic E-state index is -0.0174. The monoisotopic (exact) mass is 436 g/mol. The van der Waals surface area contributed by atoms with Crippen molar-refractivity contribution in [3.05, 3.63) is 95.4 Å². The molecule has 3 heterocycles. The van der Waals surface area contributed by atoms with Gasteiger partial charge < -0.3 is 19.2 Å². The largest absolute Gasteiger partial charge is 0.493 e. The maximum Gasteiger partial charge on any atom is 0.256 e. The molecule has 6 rings (SSSR count). The minimum absolute atomic E-state index is 0.0174. The lowest BCUT2D eigenvalue weighted by molar-refractivity contribution is 0.0726. The number of para-hydroxylation sites is 3. The Bertz CT molecular complexity index is 1500. The molecule has 6 nitrogen and oxygen atoms in total. The fourth-order valence-electron chi connectivity index (χ4n) is 4.68. The molecule has 1 N–H and O–H groups in total. The van der Waals surface area contributed by atoms with Crippen molar-refractivity contribution in [1.29, 1.82) is 0 Å². The van der Waals surface area contributed by atoms with Gasteiger partial charge in [0.05, 0.1) is 29.7 Å². The van der Waals surface area contributed by atoms with Gasteiger partial charge in [-0.3, -0.25) is 4.79 Å². The fraction of sp³-hybridized carbons (Fsp3) is 0.185. The molecule has 0 spiro atoms. The highest BCUT2D eigenvalue weighted by molar-refractivity contribution is 6.06. The van der Waals surface area contributed by atoms with E-state index >= 15 is 0 Å². The zero-order chi connectivity index (χ0) is 22.4. The molecule has 0 aliphatic carbocycles. The van der Waals surface area contributed by atoms with Crippen LogP contribution in [0.15, 0.2) is 72.9 Å². The summed E-state index contributed by atoms with van der Waals surface area (Å²) in [5, 5.41) is 0.930. The number of ether oxygens (including phenoxy) is 1. The summed E-state index contributed by atoms with van der Waals surface area (Å²) in [4.78, 5) is 23.8. The van der Waals surface area contributed by atoms with Gasteiger partial charge in [-0.1, -0.05) is 42.5 Å². The number of hydrogen-bond acceptors (Lipinski definition) is 3. The number of benzene rings is 3. The van der Waals surface area contributed by atoms with E-state index < -0.39 is 0 Å². The molecule has 0 radical (unpaired) electrons. The number of carbonyl (C=O) groups is 1. The van der Waals surface area contributed by atoms with Crippen molar-refractivity contribution in [3.8, 4) is 5.75 Å². The number of aromatic amines is 1. The number of carbonyl (C=O) groups excluding carboxylic acids is 1. The minimum Gasteiger partial charge on any atom is -0.493 e. The Morgan fingerprint density at radius 1 is 1.09 bits per heavy atom. The zero-order valence-corrected chi connectivity index (χ0v) is 18.4. The van der Waals surface area contributed by atoms with Crippen LogP contribution in [0.25, 0.3) is 21.9 Å². The summed E-state index contributed by atoms with van der Waals surface area (Å²) in [5.74, 6) is 1.79. The summed E-state index contributed by atoms with van der Waals surface area (Å²) >= 11 is 0. The van der Waals surface area contributed by atoms with Gasteiger partial charge in [-0.25, -0.2) is 4.98 Å². The number of fused-ring (bicyclic) bond motifs is 3. The Balaban J connectivity index is 1.39. The first-order valence-corrected chi connectivity index (χ1v) is 11.2. The van der Waals surface area contributed by atoms with E-state index in [2.05, 4.69) is 27.8 Å². The zero-order valence-electron chi connectivity index (χ0n) is 18.4. The van der Waals surface area contributed by atoms with Gasteiger partial charge in [0, 0.05) is 37.1 Å². The van der Waals surface area contributed by atoms with Crippen LogP contribution in [0.3, 0.4) is 0 Å². The summed E-state index contributed by atoms with van der Waals surface area (Å²) in [6.07, 6.45) is 2.72. The highest BCUT2D eigenvalue weighted by Crippen LogP contribution is 2.28. The number of nitrogens with one attached hydrogen (secondary N) is 1. The third-order valence-electron chi connectivity index (χ3n) is 6.45. The van der Waals surface area contributed by atoms with Crippen molar-refractivity contribution in [2.75, 3.05) is 6.61 Å². The molecule has 0 saturated heterocycles. The second-order valence-electron chi connectivity index (χ2n) is 8.53. The lowest BCUT2D eigenvalue weighted by Crippen LogP contribution is -2.31.